The molecule has 92 valence electrons. The van der Waals surface area contributed by atoms with Crippen molar-refractivity contribution in [1.82, 2.24) is 15.0 Å². The lowest BCUT2D eigenvalue weighted by Gasteiger charge is -2.24. The molecular formula is C14H15N3O. The summed E-state index contributed by atoms with van der Waals surface area (Å²) in [5.41, 5.74) is 1.07. The molecule has 1 atom stereocenters. The third-order valence-electron chi connectivity index (χ3n) is 3.66. The molecule has 0 radical (unpaired) electrons. The summed E-state index contributed by atoms with van der Waals surface area (Å²) in [5, 5.41) is 8.95. The number of rotatable bonds is 3. The highest BCUT2D eigenvalue weighted by Crippen LogP contribution is 2.36. The standard InChI is InChI=1S/C14H15N3O/c1-2-9-14(10-5-8-13(14)18)17-15-11-6-3-4-7-12(11)16-17/h2-4,6-7H,1,5,8-10H2. The molecule has 1 aliphatic rings. The first kappa shape index (κ1) is 11.1. The first-order valence-corrected chi connectivity index (χ1v) is 6.23. The molecule has 0 aliphatic heterocycles. The molecule has 1 aliphatic carbocycles. The van der Waals surface area contributed by atoms with Gasteiger partial charge < -0.3 is 0 Å². The van der Waals surface area contributed by atoms with E-state index in [1.54, 1.807) is 10.9 Å². The number of hydrogen-bond acceptors (Lipinski definition) is 3. The predicted octanol–water partition coefficient (Wildman–Crippen LogP) is 2.46. The minimum Gasteiger partial charge on any atom is -0.297 e. The van der Waals surface area contributed by atoms with Crippen LogP contribution >= 0.6 is 0 Å². The molecule has 2 aromatic rings. The second-order valence-electron chi connectivity index (χ2n) is 4.78. The SMILES string of the molecule is C=CCC1(n2nc3ccccc3n2)CCCC1=O. The van der Waals surface area contributed by atoms with Gasteiger partial charge in [0, 0.05) is 6.42 Å². The number of allylic oxidation sites excluding steroid dienone is 1. The number of carbonyl (C=O) groups is 1. The van der Waals surface area contributed by atoms with Crippen LogP contribution in [0, 0.1) is 0 Å². The van der Waals surface area contributed by atoms with Crippen LogP contribution in [0.4, 0.5) is 0 Å². The highest BCUT2D eigenvalue weighted by atomic mass is 16.1. The monoisotopic (exact) mass is 241 g/mol. The van der Waals surface area contributed by atoms with E-state index in [9.17, 15) is 4.79 Å². The molecule has 4 heteroatoms. The fraction of sp³-hybridized carbons (Fsp3) is 0.357. The summed E-state index contributed by atoms with van der Waals surface area (Å²) < 4.78 is 0. The molecule has 18 heavy (non-hydrogen) atoms. The third-order valence-corrected chi connectivity index (χ3v) is 3.66. The average molecular weight is 241 g/mol. The van der Waals surface area contributed by atoms with Gasteiger partial charge in [0.1, 0.15) is 16.6 Å². The van der Waals surface area contributed by atoms with Crippen LogP contribution in [0.15, 0.2) is 36.9 Å². The highest BCUT2D eigenvalue weighted by molar-refractivity contribution is 5.89. The van der Waals surface area contributed by atoms with Gasteiger partial charge >= 0.3 is 0 Å². The van der Waals surface area contributed by atoms with E-state index in [-0.39, 0.29) is 5.78 Å². The van der Waals surface area contributed by atoms with Crippen LogP contribution < -0.4 is 0 Å². The van der Waals surface area contributed by atoms with Gasteiger partial charge in [-0.3, -0.25) is 4.79 Å². The maximum Gasteiger partial charge on any atom is 0.162 e. The quantitative estimate of drug-likeness (QED) is 0.775. The zero-order valence-corrected chi connectivity index (χ0v) is 10.2. The zero-order chi connectivity index (χ0) is 12.6. The first-order valence-electron chi connectivity index (χ1n) is 6.23. The number of nitrogens with zero attached hydrogens (tertiary/aromatic N) is 3. The summed E-state index contributed by atoms with van der Waals surface area (Å²) in [6, 6.07) is 7.69. The minimum absolute atomic E-state index is 0.225. The first-order chi connectivity index (χ1) is 8.76. The summed E-state index contributed by atoms with van der Waals surface area (Å²) in [5.74, 6) is 0.225. The van der Waals surface area contributed by atoms with E-state index < -0.39 is 5.54 Å². The molecule has 1 heterocycles. The second-order valence-corrected chi connectivity index (χ2v) is 4.78. The third kappa shape index (κ3) is 1.49. The number of hydrogen-bond donors (Lipinski definition) is 0. The van der Waals surface area contributed by atoms with Crippen LogP contribution in [0.5, 0.6) is 0 Å². The van der Waals surface area contributed by atoms with Crippen LogP contribution in [0.1, 0.15) is 25.7 Å². The van der Waals surface area contributed by atoms with Crippen molar-refractivity contribution in [3.05, 3.63) is 36.9 Å². The van der Waals surface area contributed by atoms with E-state index in [1.807, 2.05) is 24.3 Å². The van der Waals surface area contributed by atoms with Gasteiger partial charge in [-0.25, -0.2) is 0 Å². The topological polar surface area (TPSA) is 47.8 Å². The van der Waals surface area contributed by atoms with Gasteiger partial charge in [0.25, 0.3) is 0 Å². The summed E-state index contributed by atoms with van der Waals surface area (Å²) in [4.78, 5) is 13.8. The zero-order valence-electron chi connectivity index (χ0n) is 10.2. The van der Waals surface area contributed by atoms with Crippen molar-refractivity contribution in [1.29, 1.82) is 0 Å². The number of carbonyl (C=O) groups excluding carboxylic acids is 1. The van der Waals surface area contributed by atoms with Crippen molar-refractivity contribution in [3.63, 3.8) is 0 Å². The molecule has 0 N–H and O–H groups in total. The van der Waals surface area contributed by atoms with Gasteiger partial charge in [0.05, 0.1) is 0 Å². The Bertz CT molecular complexity index is 583. The van der Waals surface area contributed by atoms with Crippen LogP contribution in [0.2, 0.25) is 0 Å². The van der Waals surface area contributed by atoms with Gasteiger partial charge in [-0.15, -0.1) is 6.58 Å². The van der Waals surface area contributed by atoms with Crippen molar-refractivity contribution in [2.75, 3.05) is 0 Å². The Morgan fingerprint density at radius 2 is 2.00 bits per heavy atom. The Kier molecular flexibility index (Phi) is 2.51. The largest absolute Gasteiger partial charge is 0.297 e. The Balaban J connectivity index is 2.15. The van der Waals surface area contributed by atoms with Gasteiger partial charge in [0.2, 0.25) is 0 Å². The van der Waals surface area contributed by atoms with Crippen molar-refractivity contribution in [2.45, 2.75) is 31.2 Å². The van der Waals surface area contributed by atoms with E-state index >= 15 is 0 Å². The molecule has 0 spiro atoms. The van der Waals surface area contributed by atoms with E-state index in [2.05, 4.69) is 16.8 Å². The maximum atomic E-state index is 12.2. The Morgan fingerprint density at radius 1 is 1.33 bits per heavy atom. The highest BCUT2D eigenvalue weighted by Gasteiger charge is 2.44. The lowest BCUT2D eigenvalue weighted by Crippen LogP contribution is -2.39. The van der Waals surface area contributed by atoms with Crippen molar-refractivity contribution >= 4 is 16.8 Å². The van der Waals surface area contributed by atoms with Crippen molar-refractivity contribution < 1.29 is 4.79 Å². The van der Waals surface area contributed by atoms with Crippen molar-refractivity contribution in [2.24, 2.45) is 0 Å². The molecule has 1 aromatic heterocycles. The van der Waals surface area contributed by atoms with E-state index in [0.29, 0.717) is 12.8 Å². The van der Waals surface area contributed by atoms with E-state index in [4.69, 9.17) is 0 Å². The Labute approximate surface area is 105 Å². The summed E-state index contributed by atoms with van der Waals surface area (Å²) in [7, 11) is 0. The van der Waals surface area contributed by atoms with Crippen LogP contribution in [0.25, 0.3) is 11.0 Å². The van der Waals surface area contributed by atoms with Gasteiger partial charge in [-0.1, -0.05) is 18.2 Å². The average Bonchev–Trinajstić information content (AvgIpc) is 2.95. The number of ketones is 1. The predicted molar refractivity (Wildman–Crippen MR) is 69.2 cm³/mol. The molecule has 0 amide bonds. The van der Waals surface area contributed by atoms with E-state index in [1.165, 1.54) is 0 Å². The van der Waals surface area contributed by atoms with Crippen LogP contribution in [-0.4, -0.2) is 20.8 Å². The fourth-order valence-corrected chi connectivity index (χ4v) is 2.71. The van der Waals surface area contributed by atoms with Gasteiger partial charge in [-0.05, 0) is 31.4 Å². The summed E-state index contributed by atoms with van der Waals surface area (Å²) in [6.07, 6.45) is 4.72. The molecule has 1 unspecified atom stereocenters. The molecule has 0 saturated heterocycles. The number of fused-ring (bicyclic) bond motifs is 1. The molecular weight excluding hydrogens is 226 g/mol. The molecule has 1 saturated carbocycles. The summed E-state index contributed by atoms with van der Waals surface area (Å²) >= 11 is 0. The molecule has 0 bridgehead atoms. The number of benzene rings is 1. The van der Waals surface area contributed by atoms with Gasteiger partial charge in [0.15, 0.2) is 5.78 Å². The number of aromatic nitrogens is 3. The Morgan fingerprint density at radius 3 is 2.50 bits per heavy atom. The maximum absolute atomic E-state index is 12.2. The minimum atomic E-state index is -0.596. The normalized spacial score (nSPS) is 23.7. The lowest BCUT2D eigenvalue weighted by atomic mass is 9.93. The van der Waals surface area contributed by atoms with Gasteiger partial charge in [-0.2, -0.15) is 15.0 Å². The molecule has 1 fully saturated rings. The Hall–Kier alpha value is -1.97. The molecule has 4 nitrogen and oxygen atoms in total. The number of Topliss-reactive ketones (excluding diaryl/α,β-unsaturated/α-hetero) is 1. The van der Waals surface area contributed by atoms with Crippen LogP contribution in [-0.2, 0) is 10.3 Å². The second kappa shape index (κ2) is 4.05. The lowest BCUT2D eigenvalue weighted by molar-refractivity contribution is -0.125. The van der Waals surface area contributed by atoms with Crippen molar-refractivity contribution in [3.8, 4) is 0 Å². The fourth-order valence-electron chi connectivity index (χ4n) is 2.71. The molecule has 1 aromatic carbocycles. The van der Waals surface area contributed by atoms with Crippen LogP contribution in [0.3, 0.4) is 0 Å². The summed E-state index contributed by atoms with van der Waals surface area (Å²) in [6.45, 7) is 3.76. The molecule has 3 rings (SSSR count). The van der Waals surface area contributed by atoms with E-state index in [0.717, 1.165) is 23.9 Å². The smallest absolute Gasteiger partial charge is 0.162 e.